The number of aromatic hydroxyl groups is 1. The van der Waals surface area contributed by atoms with E-state index in [0.717, 1.165) is 5.56 Å². The molecular weight excluding hydrogens is 243 g/mol. The van der Waals surface area contributed by atoms with Crippen molar-refractivity contribution in [2.24, 2.45) is 0 Å². The summed E-state index contributed by atoms with van der Waals surface area (Å²) < 4.78 is 0. The van der Waals surface area contributed by atoms with Gasteiger partial charge in [0.15, 0.2) is 0 Å². The van der Waals surface area contributed by atoms with E-state index < -0.39 is 0 Å². The Hall–Kier alpha value is -0.406. The molecule has 1 rings (SSSR count). The molecule has 0 spiro atoms. The van der Waals surface area contributed by atoms with Gasteiger partial charge >= 0.3 is 0 Å². The Kier molecular flexibility index (Phi) is 5.18. The van der Waals surface area contributed by atoms with Crippen LogP contribution in [0.5, 0.6) is 5.75 Å². The maximum atomic E-state index is 10.6. The van der Waals surface area contributed by atoms with Crippen LogP contribution in [0.3, 0.4) is 0 Å². The maximum absolute atomic E-state index is 10.6. The summed E-state index contributed by atoms with van der Waals surface area (Å²) in [6.45, 7) is 3.17. The predicted octanol–water partition coefficient (Wildman–Crippen LogP) is 1.46. The van der Waals surface area contributed by atoms with Crippen molar-refractivity contribution in [3.63, 3.8) is 0 Å². The molecule has 0 atom stereocenters. The Morgan fingerprint density at radius 1 is 1.62 bits per heavy atom. The van der Waals surface area contributed by atoms with E-state index in [-0.39, 0.29) is 44.4 Å². The summed E-state index contributed by atoms with van der Waals surface area (Å²) in [6.07, 6.45) is 0. The number of nitrogens with one attached hydrogen (secondary N) is 1. The fraction of sp³-hybridized carbons (Fsp3) is 0.222. The van der Waals surface area contributed by atoms with Gasteiger partial charge in [0.1, 0.15) is 0 Å². The van der Waals surface area contributed by atoms with Gasteiger partial charge in [-0.15, -0.1) is 11.6 Å². The molecule has 67 valence electrons. The summed E-state index contributed by atoms with van der Waals surface area (Å²) in [6, 6.07) is 5.91. The molecular formula is C9H10NO2Y-. The average molecular weight is 253 g/mol. The van der Waals surface area contributed by atoms with Crippen LogP contribution in [0, 0.1) is 13.0 Å². The number of benzene rings is 1. The summed E-state index contributed by atoms with van der Waals surface area (Å²) in [5.41, 5.74) is 1.23. The molecule has 1 aromatic rings. The first-order valence-corrected chi connectivity index (χ1v) is 3.58. The molecule has 0 aliphatic heterocycles. The molecule has 3 nitrogen and oxygen atoms in total. The van der Waals surface area contributed by atoms with Crippen LogP contribution >= 0.6 is 0 Å². The molecule has 0 aliphatic rings. The molecule has 0 aromatic heterocycles. The summed E-state index contributed by atoms with van der Waals surface area (Å²) >= 11 is 0. The molecule has 0 aliphatic carbocycles. The number of anilines is 1. The van der Waals surface area contributed by atoms with Crippen LogP contribution in [0.15, 0.2) is 12.1 Å². The Balaban J connectivity index is 0.00000144. The van der Waals surface area contributed by atoms with Crippen molar-refractivity contribution in [1.82, 2.24) is 0 Å². The molecule has 13 heavy (non-hydrogen) atoms. The number of phenols is 1. The molecule has 1 amide bonds. The van der Waals surface area contributed by atoms with Crippen LogP contribution in [0.4, 0.5) is 5.69 Å². The van der Waals surface area contributed by atoms with Crippen LogP contribution < -0.4 is 5.32 Å². The number of phenolic OH excluding ortho intramolecular Hbond substituents is 1. The topological polar surface area (TPSA) is 49.3 Å². The van der Waals surface area contributed by atoms with Crippen LogP contribution in [-0.2, 0) is 37.5 Å². The van der Waals surface area contributed by atoms with Gasteiger partial charge in [-0.05, 0) is 0 Å². The number of hydrogen-bond acceptors (Lipinski definition) is 2. The standard InChI is InChI=1S/C9H10NO2.Y/c1-6-3-4-8(5-9(6)12)10-7(2)11;/h3,5,12H,1-2H3,(H,10,11);/q-1;. The number of carbonyl (C=O) groups is 1. The molecule has 0 fully saturated rings. The van der Waals surface area contributed by atoms with Gasteiger partial charge in [0, 0.05) is 45.4 Å². The summed E-state index contributed by atoms with van der Waals surface area (Å²) in [5, 5.41) is 11.8. The zero-order valence-electron chi connectivity index (χ0n) is 7.59. The smallest absolute Gasteiger partial charge is 0.219 e. The Morgan fingerprint density at radius 3 is 2.69 bits per heavy atom. The second-order valence-electron chi connectivity index (χ2n) is 2.60. The first kappa shape index (κ1) is 12.6. The van der Waals surface area contributed by atoms with E-state index in [1.54, 1.807) is 13.0 Å². The molecule has 0 heterocycles. The minimum absolute atomic E-state index is 0. The molecule has 1 aromatic carbocycles. The van der Waals surface area contributed by atoms with E-state index in [1.165, 1.54) is 13.0 Å². The second kappa shape index (κ2) is 5.35. The van der Waals surface area contributed by atoms with Crippen molar-refractivity contribution in [2.75, 3.05) is 5.32 Å². The van der Waals surface area contributed by atoms with Gasteiger partial charge < -0.3 is 10.4 Å². The van der Waals surface area contributed by atoms with E-state index in [4.69, 9.17) is 0 Å². The van der Waals surface area contributed by atoms with E-state index >= 15 is 0 Å². The van der Waals surface area contributed by atoms with Crippen molar-refractivity contribution < 1.29 is 42.6 Å². The Bertz CT molecular complexity index is 312. The summed E-state index contributed by atoms with van der Waals surface area (Å²) in [4.78, 5) is 10.6. The Morgan fingerprint density at radius 2 is 2.23 bits per heavy atom. The number of rotatable bonds is 1. The van der Waals surface area contributed by atoms with Crippen molar-refractivity contribution in [1.29, 1.82) is 0 Å². The summed E-state index contributed by atoms with van der Waals surface area (Å²) in [7, 11) is 0. The quantitative estimate of drug-likeness (QED) is 0.744. The normalized spacial score (nSPS) is 8.77. The number of amides is 1. The van der Waals surface area contributed by atoms with E-state index in [9.17, 15) is 9.90 Å². The number of carbonyl (C=O) groups excluding carboxylic acids is 1. The van der Waals surface area contributed by atoms with Gasteiger partial charge in [0.05, 0.1) is 0 Å². The monoisotopic (exact) mass is 253 g/mol. The van der Waals surface area contributed by atoms with Crippen molar-refractivity contribution in [3.05, 3.63) is 23.8 Å². The zero-order valence-corrected chi connectivity index (χ0v) is 10.4. The zero-order chi connectivity index (χ0) is 9.14. The molecule has 1 radical (unpaired) electrons. The van der Waals surface area contributed by atoms with Crippen LogP contribution in [0.2, 0.25) is 0 Å². The molecule has 0 bridgehead atoms. The van der Waals surface area contributed by atoms with Crippen molar-refractivity contribution in [3.8, 4) is 5.75 Å². The molecule has 0 saturated heterocycles. The molecule has 4 heteroatoms. The van der Waals surface area contributed by atoms with Crippen LogP contribution in [0.25, 0.3) is 0 Å². The molecule has 0 saturated carbocycles. The van der Waals surface area contributed by atoms with Crippen molar-refractivity contribution in [2.45, 2.75) is 13.8 Å². The number of aryl methyl sites for hydroxylation is 1. The average Bonchev–Trinajstić information content (AvgIpc) is 1.96. The van der Waals surface area contributed by atoms with Gasteiger partial charge in [-0.1, -0.05) is 12.6 Å². The maximum Gasteiger partial charge on any atom is 0.219 e. The fourth-order valence-electron chi connectivity index (χ4n) is 0.814. The van der Waals surface area contributed by atoms with Gasteiger partial charge in [-0.2, -0.15) is 12.1 Å². The third-order valence-corrected chi connectivity index (χ3v) is 1.44. The summed E-state index contributed by atoms with van der Waals surface area (Å²) in [5.74, 6) is -0.00740. The minimum Gasteiger partial charge on any atom is -0.533 e. The van der Waals surface area contributed by atoms with Crippen LogP contribution in [-0.4, -0.2) is 11.0 Å². The molecule has 2 N–H and O–H groups in total. The fourth-order valence-corrected chi connectivity index (χ4v) is 0.814. The van der Waals surface area contributed by atoms with Gasteiger partial charge in [0.25, 0.3) is 0 Å². The van der Waals surface area contributed by atoms with Gasteiger partial charge in [0.2, 0.25) is 5.91 Å². The molecule has 0 unspecified atom stereocenters. The van der Waals surface area contributed by atoms with Gasteiger partial charge in [-0.25, -0.2) is 0 Å². The second-order valence-corrected chi connectivity index (χ2v) is 2.60. The predicted molar refractivity (Wildman–Crippen MR) is 46.0 cm³/mol. The largest absolute Gasteiger partial charge is 0.533 e. The SMILES string of the molecule is CC(=O)Nc1[c-]cc(C)c(O)c1.[Y]. The van der Waals surface area contributed by atoms with E-state index in [0.29, 0.717) is 5.69 Å². The Labute approximate surface area is 102 Å². The van der Waals surface area contributed by atoms with Gasteiger partial charge in [-0.3, -0.25) is 4.79 Å². The third-order valence-electron chi connectivity index (χ3n) is 1.44. The third kappa shape index (κ3) is 3.88. The van der Waals surface area contributed by atoms with Crippen molar-refractivity contribution >= 4 is 11.6 Å². The first-order valence-electron chi connectivity index (χ1n) is 3.58. The first-order chi connectivity index (χ1) is 5.59. The van der Waals surface area contributed by atoms with E-state index in [1.807, 2.05) is 0 Å². The van der Waals surface area contributed by atoms with E-state index in [2.05, 4.69) is 11.4 Å². The minimum atomic E-state index is -0.172. The number of hydrogen-bond donors (Lipinski definition) is 2. The van der Waals surface area contributed by atoms with Crippen LogP contribution in [0.1, 0.15) is 12.5 Å².